The number of nitrogens with one attached hydrogen (secondary N) is 2. The van der Waals surface area contributed by atoms with Gasteiger partial charge in [-0.25, -0.2) is 9.49 Å². The van der Waals surface area contributed by atoms with E-state index in [2.05, 4.69) is 37.6 Å². The minimum absolute atomic E-state index is 0.151. The van der Waals surface area contributed by atoms with Crippen LogP contribution in [0.5, 0.6) is 5.75 Å². The van der Waals surface area contributed by atoms with Crippen molar-refractivity contribution >= 4 is 11.9 Å². The van der Waals surface area contributed by atoms with Crippen molar-refractivity contribution in [2.24, 2.45) is 5.92 Å². The minimum Gasteiger partial charge on any atom is -0.435 e. The molecule has 0 spiro atoms. The highest BCUT2D eigenvalue weighted by atomic mass is 19.3. The van der Waals surface area contributed by atoms with E-state index in [-0.39, 0.29) is 23.3 Å². The van der Waals surface area contributed by atoms with Crippen LogP contribution in [0.3, 0.4) is 0 Å². The van der Waals surface area contributed by atoms with Crippen LogP contribution in [-0.4, -0.2) is 52.3 Å². The Morgan fingerprint density at radius 1 is 1.40 bits per heavy atom. The molecule has 162 valence electrons. The molecule has 11 heteroatoms. The van der Waals surface area contributed by atoms with Gasteiger partial charge in [0.1, 0.15) is 11.6 Å². The summed E-state index contributed by atoms with van der Waals surface area (Å²) in [6, 6.07) is 3.38. The minimum atomic E-state index is -3.03. The Bertz CT molecular complexity index is 890. The first kappa shape index (κ1) is 20.4. The van der Waals surface area contributed by atoms with Gasteiger partial charge in [-0.05, 0) is 48.1 Å². The SMILES string of the molecule is CC1CCN(c2nnn[nH]2)CC(NC(=O)C2(c3ccc(OC(F)F)cc3F)CC2)C1. The highest BCUT2D eigenvalue weighted by Gasteiger charge is 2.53. The number of carbonyl (C=O) groups is 1. The first-order valence-corrected chi connectivity index (χ1v) is 9.92. The largest absolute Gasteiger partial charge is 0.435 e. The number of anilines is 1. The van der Waals surface area contributed by atoms with E-state index in [0.29, 0.717) is 31.3 Å². The average Bonchev–Trinajstić information content (AvgIpc) is 3.35. The predicted octanol–water partition coefficient (Wildman–Crippen LogP) is 2.39. The molecule has 1 aliphatic carbocycles. The molecule has 2 heterocycles. The van der Waals surface area contributed by atoms with Crippen molar-refractivity contribution < 1.29 is 22.7 Å². The molecule has 1 aliphatic heterocycles. The highest BCUT2D eigenvalue weighted by molar-refractivity contribution is 5.91. The first-order valence-electron chi connectivity index (χ1n) is 9.92. The zero-order valence-corrected chi connectivity index (χ0v) is 16.4. The van der Waals surface area contributed by atoms with E-state index in [9.17, 15) is 18.0 Å². The Balaban J connectivity index is 1.48. The zero-order valence-electron chi connectivity index (χ0n) is 16.4. The Morgan fingerprint density at radius 3 is 2.83 bits per heavy atom. The smallest absolute Gasteiger partial charge is 0.387 e. The fourth-order valence-corrected chi connectivity index (χ4v) is 4.12. The van der Waals surface area contributed by atoms with Crippen molar-refractivity contribution in [2.45, 2.75) is 50.7 Å². The van der Waals surface area contributed by atoms with E-state index in [4.69, 9.17) is 0 Å². The van der Waals surface area contributed by atoms with Crippen molar-refractivity contribution in [2.75, 3.05) is 18.0 Å². The molecule has 4 rings (SSSR count). The van der Waals surface area contributed by atoms with Crippen LogP contribution in [0.4, 0.5) is 19.1 Å². The van der Waals surface area contributed by atoms with Crippen LogP contribution in [0.25, 0.3) is 0 Å². The number of halogens is 3. The summed E-state index contributed by atoms with van der Waals surface area (Å²) in [5.41, 5.74) is -0.763. The summed E-state index contributed by atoms with van der Waals surface area (Å²) >= 11 is 0. The Hall–Kier alpha value is -2.85. The second-order valence-electron chi connectivity index (χ2n) is 8.07. The standard InChI is InChI=1S/C19H23F3N6O2/c1-11-4-7-28(18-24-26-27-25-18)10-12(8-11)23-16(29)19(5-6-19)14-3-2-13(9-15(14)20)30-17(21)22/h2-3,9,11-12,17H,4-8,10H2,1H3,(H,23,29)(H,24,25,26,27). The Kier molecular flexibility index (Phi) is 5.52. The van der Waals surface area contributed by atoms with Gasteiger partial charge in [0.25, 0.3) is 0 Å². The van der Waals surface area contributed by atoms with Gasteiger partial charge in [0.05, 0.1) is 5.41 Å². The van der Waals surface area contributed by atoms with E-state index >= 15 is 0 Å². The number of carbonyl (C=O) groups excluding carboxylic acids is 1. The summed E-state index contributed by atoms with van der Waals surface area (Å²) in [5.74, 6) is -0.307. The molecule has 8 nitrogen and oxygen atoms in total. The third kappa shape index (κ3) is 4.19. The summed E-state index contributed by atoms with van der Waals surface area (Å²) in [7, 11) is 0. The number of tetrazole rings is 1. The molecular formula is C19H23F3N6O2. The van der Waals surface area contributed by atoms with Gasteiger partial charge >= 0.3 is 6.61 Å². The van der Waals surface area contributed by atoms with Crippen molar-refractivity contribution in [3.8, 4) is 5.75 Å². The number of amides is 1. The summed E-state index contributed by atoms with van der Waals surface area (Å²) in [6.07, 6.45) is 2.72. The topological polar surface area (TPSA) is 96.0 Å². The monoisotopic (exact) mass is 424 g/mol. The van der Waals surface area contributed by atoms with E-state index in [1.54, 1.807) is 0 Å². The normalized spacial score (nSPS) is 23.2. The second-order valence-corrected chi connectivity index (χ2v) is 8.07. The number of benzene rings is 1. The molecule has 1 aromatic heterocycles. The fraction of sp³-hybridized carbons (Fsp3) is 0.579. The summed E-state index contributed by atoms with van der Waals surface area (Å²) in [5, 5.41) is 17.0. The van der Waals surface area contributed by atoms with Gasteiger partial charge in [-0.2, -0.15) is 8.78 Å². The molecule has 1 saturated carbocycles. The molecule has 1 aromatic carbocycles. The lowest BCUT2D eigenvalue weighted by Gasteiger charge is -2.26. The predicted molar refractivity (Wildman–Crippen MR) is 101 cm³/mol. The maximum Gasteiger partial charge on any atom is 0.387 e. The molecule has 0 radical (unpaired) electrons. The van der Waals surface area contributed by atoms with Crippen LogP contribution in [0, 0.1) is 11.7 Å². The molecule has 2 unspecified atom stereocenters. The molecule has 1 saturated heterocycles. The quantitative estimate of drug-likeness (QED) is 0.739. The molecule has 30 heavy (non-hydrogen) atoms. The fourth-order valence-electron chi connectivity index (χ4n) is 4.12. The van der Waals surface area contributed by atoms with Gasteiger partial charge < -0.3 is 15.0 Å². The molecule has 2 fully saturated rings. The van der Waals surface area contributed by atoms with Gasteiger partial charge in [0, 0.05) is 30.8 Å². The maximum absolute atomic E-state index is 14.6. The van der Waals surface area contributed by atoms with Crippen LogP contribution >= 0.6 is 0 Å². The average molecular weight is 424 g/mol. The lowest BCUT2D eigenvalue weighted by Crippen LogP contribution is -2.47. The van der Waals surface area contributed by atoms with E-state index in [1.165, 1.54) is 12.1 Å². The number of aromatic nitrogens is 4. The molecule has 2 aliphatic rings. The highest BCUT2D eigenvalue weighted by Crippen LogP contribution is 2.50. The molecule has 2 N–H and O–H groups in total. The first-order chi connectivity index (χ1) is 14.4. The lowest BCUT2D eigenvalue weighted by molar-refractivity contribution is -0.124. The second kappa shape index (κ2) is 8.11. The van der Waals surface area contributed by atoms with Crippen LogP contribution in [-0.2, 0) is 10.2 Å². The van der Waals surface area contributed by atoms with E-state index < -0.39 is 17.8 Å². The van der Waals surface area contributed by atoms with Crippen LogP contribution in [0.1, 0.15) is 38.2 Å². The lowest BCUT2D eigenvalue weighted by atomic mass is 9.93. The Labute approximate surface area is 171 Å². The Morgan fingerprint density at radius 2 is 2.20 bits per heavy atom. The van der Waals surface area contributed by atoms with Gasteiger partial charge in [0.15, 0.2) is 0 Å². The van der Waals surface area contributed by atoms with Gasteiger partial charge in [-0.15, -0.1) is 0 Å². The number of rotatable bonds is 6. The molecular weight excluding hydrogens is 401 g/mol. The zero-order chi connectivity index (χ0) is 21.3. The van der Waals surface area contributed by atoms with Crippen molar-refractivity contribution in [1.82, 2.24) is 25.9 Å². The van der Waals surface area contributed by atoms with Gasteiger partial charge in [-0.3, -0.25) is 4.79 Å². The molecule has 1 amide bonds. The molecule has 0 bridgehead atoms. The summed E-state index contributed by atoms with van der Waals surface area (Å²) < 4.78 is 43.6. The number of nitrogens with zero attached hydrogens (tertiary/aromatic N) is 4. The number of hydrogen-bond acceptors (Lipinski definition) is 6. The number of H-pyrrole nitrogens is 1. The number of alkyl halides is 2. The van der Waals surface area contributed by atoms with Crippen LogP contribution in [0.15, 0.2) is 18.2 Å². The van der Waals surface area contributed by atoms with E-state index in [1.807, 2.05) is 4.90 Å². The number of hydrogen-bond donors (Lipinski definition) is 2. The van der Waals surface area contributed by atoms with Crippen molar-refractivity contribution in [1.29, 1.82) is 0 Å². The van der Waals surface area contributed by atoms with Gasteiger partial charge in [0.2, 0.25) is 11.9 Å². The molecule has 2 atom stereocenters. The third-order valence-corrected chi connectivity index (χ3v) is 5.85. The summed E-state index contributed by atoms with van der Waals surface area (Å²) in [4.78, 5) is 15.1. The van der Waals surface area contributed by atoms with Gasteiger partial charge in [-0.1, -0.05) is 18.1 Å². The third-order valence-electron chi connectivity index (χ3n) is 5.85. The number of aromatic amines is 1. The number of ether oxygens (including phenoxy) is 1. The maximum atomic E-state index is 14.6. The van der Waals surface area contributed by atoms with Crippen LogP contribution < -0.4 is 15.0 Å². The molecule has 2 aromatic rings. The summed E-state index contributed by atoms with van der Waals surface area (Å²) in [6.45, 7) is 0.381. The van der Waals surface area contributed by atoms with E-state index in [0.717, 1.165) is 25.5 Å². The van der Waals surface area contributed by atoms with Crippen LogP contribution in [0.2, 0.25) is 0 Å². The van der Waals surface area contributed by atoms with Crippen molar-refractivity contribution in [3.05, 3.63) is 29.6 Å². The van der Waals surface area contributed by atoms with Crippen molar-refractivity contribution in [3.63, 3.8) is 0 Å².